The van der Waals surface area contributed by atoms with Gasteiger partial charge in [0.05, 0.1) is 6.07 Å². The van der Waals surface area contributed by atoms with E-state index in [-0.39, 0.29) is 12.0 Å². The smallest absolute Gasteiger partial charge is 0.410 e. The SMILES string of the molecule is N#CC1CC2(CCN(C(=O)OCc3ccccc3)CC2)C1. The summed E-state index contributed by atoms with van der Waals surface area (Å²) in [5.74, 6) is 0.238. The van der Waals surface area contributed by atoms with Gasteiger partial charge >= 0.3 is 6.09 Å². The summed E-state index contributed by atoms with van der Waals surface area (Å²) in [5.41, 5.74) is 1.34. The molecule has 2 aliphatic rings. The molecule has 4 nitrogen and oxygen atoms in total. The van der Waals surface area contributed by atoms with Crippen molar-refractivity contribution in [2.24, 2.45) is 11.3 Å². The van der Waals surface area contributed by atoms with Crippen molar-refractivity contribution in [1.29, 1.82) is 5.26 Å². The van der Waals surface area contributed by atoms with Crippen LogP contribution in [-0.4, -0.2) is 24.1 Å². The lowest BCUT2D eigenvalue weighted by Gasteiger charge is -2.49. The highest BCUT2D eigenvalue weighted by Gasteiger charge is 2.46. The van der Waals surface area contributed by atoms with Crippen LogP contribution in [0.15, 0.2) is 30.3 Å². The van der Waals surface area contributed by atoms with E-state index in [0.717, 1.165) is 44.3 Å². The highest BCUT2D eigenvalue weighted by Crippen LogP contribution is 2.52. The van der Waals surface area contributed by atoms with Crippen LogP contribution in [0.1, 0.15) is 31.2 Å². The molecule has 0 N–H and O–H groups in total. The van der Waals surface area contributed by atoms with Crippen molar-refractivity contribution in [2.45, 2.75) is 32.3 Å². The summed E-state index contributed by atoms with van der Waals surface area (Å²) in [7, 11) is 0. The zero-order valence-electron chi connectivity index (χ0n) is 12.1. The van der Waals surface area contributed by atoms with Crippen molar-refractivity contribution < 1.29 is 9.53 Å². The summed E-state index contributed by atoms with van der Waals surface area (Å²) >= 11 is 0. The summed E-state index contributed by atoms with van der Waals surface area (Å²) in [5, 5.41) is 8.88. The first-order chi connectivity index (χ1) is 10.2. The summed E-state index contributed by atoms with van der Waals surface area (Å²) < 4.78 is 5.36. The number of likely N-dealkylation sites (tertiary alicyclic amines) is 1. The molecule has 110 valence electrons. The molecule has 1 spiro atoms. The Hall–Kier alpha value is -2.02. The first-order valence-corrected chi connectivity index (χ1v) is 7.56. The van der Waals surface area contributed by atoms with E-state index in [9.17, 15) is 4.79 Å². The van der Waals surface area contributed by atoms with Crippen LogP contribution in [0.25, 0.3) is 0 Å². The number of benzene rings is 1. The molecule has 1 aromatic rings. The molecule has 1 aliphatic carbocycles. The van der Waals surface area contributed by atoms with E-state index in [0.29, 0.717) is 12.0 Å². The van der Waals surface area contributed by atoms with Gasteiger partial charge in [0, 0.05) is 19.0 Å². The number of rotatable bonds is 2. The van der Waals surface area contributed by atoms with E-state index in [1.807, 2.05) is 30.3 Å². The molecule has 0 radical (unpaired) electrons. The van der Waals surface area contributed by atoms with E-state index in [1.54, 1.807) is 4.90 Å². The van der Waals surface area contributed by atoms with E-state index >= 15 is 0 Å². The van der Waals surface area contributed by atoms with Crippen LogP contribution in [0.2, 0.25) is 0 Å². The summed E-state index contributed by atoms with van der Waals surface area (Å²) in [6.45, 7) is 1.84. The topological polar surface area (TPSA) is 53.3 Å². The molecule has 1 saturated carbocycles. The van der Waals surface area contributed by atoms with Gasteiger partial charge in [-0.2, -0.15) is 5.26 Å². The van der Waals surface area contributed by atoms with Crippen molar-refractivity contribution >= 4 is 6.09 Å². The predicted octanol–water partition coefficient (Wildman–Crippen LogP) is 3.34. The van der Waals surface area contributed by atoms with E-state index in [2.05, 4.69) is 6.07 Å². The maximum Gasteiger partial charge on any atom is 0.410 e. The van der Waals surface area contributed by atoms with Gasteiger partial charge in [0.2, 0.25) is 0 Å². The Morgan fingerprint density at radius 1 is 1.29 bits per heavy atom. The van der Waals surface area contributed by atoms with Gasteiger partial charge in [-0.25, -0.2) is 4.79 Å². The molecule has 1 saturated heterocycles. The van der Waals surface area contributed by atoms with Gasteiger partial charge in [0.1, 0.15) is 6.61 Å². The molecule has 0 atom stereocenters. The van der Waals surface area contributed by atoms with Crippen molar-refractivity contribution in [3.05, 3.63) is 35.9 Å². The molecule has 0 aromatic heterocycles. The van der Waals surface area contributed by atoms with E-state index < -0.39 is 0 Å². The second-order valence-electron chi connectivity index (χ2n) is 6.26. The molecular formula is C17H20N2O2. The van der Waals surface area contributed by atoms with Crippen molar-refractivity contribution in [3.8, 4) is 6.07 Å². The molecule has 0 bridgehead atoms. The minimum absolute atomic E-state index is 0.218. The Balaban J connectivity index is 1.44. The minimum Gasteiger partial charge on any atom is -0.445 e. The molecule has 1 amide bonds. The quantitative estimate of drug-likeness (QED) is 0.837. The normalized spacial score (nSPS) is 20.6. The Labute approximate surface area is 125 Å². The third-order valence-electron chi connectivity index (χ3n) is 4.83. The molecule has 1 aliphatic heterocycles. The van der Waals surface area contributed by atoms with Crippen LogP contribution in [0.5, 0.6) is 0 Å². The maximum atomic E-state index is 12.1. The van der Waals surface area contributed by atoms with Gasteiger partial charge in [-0.1, -0.05) is 30.3 Å². The summed E-state index contributed by atoms with van der Waals surface area (Å²) in [4.78, 5) is 13.9. The maximum absolute atomic E-state index is 12.1. The second-order valence-corrected chi connectivity index (χ2v) is 6.26. The lowest BCUT2D eigenvalue weighted by Crippen LogP contribution is -2.48. The molecule has 1 aromatic carbocycles. The van der Waals surface area contributed by atoms with Crippen LogP contribution in [0, 0.1) is 22.7 Å². The zero-order valence-corrected chi connectivity index (χ0v) is 12.1. The van der Waals surface area contributed by atoms with Crippen molar-refractivity contribution in [3.63, 3.8) is 0 Å². The minimum atomic E-state index is -0.218. The zero-order chi connectivity index (χ0) is 14.7. The fourth-order valence-corrected chi connectivity index (χ4v) is 3.46. The van der Waals surface area contributed by atoms with Crippen LogP contribution >= 0.6 is 0 Å². The number of carbonyl (C=O) groups excluding carboxylic acids is 1. The van der Waals surface area contributed by atoms with Crippen molar-refractivity contribution in [2.75, 3.05) is 13.1 Å². The first-order valence-electron chi connectivity index (χ1n) is 7.56. The van der Waals surface area contributed by atoms with E-state index in [4.69, 9.17) is 10.00 Å². The average Bonchev–Trinajstić information content (AvgIpc) is 2.51. The molecule has 3 rings (SSSR count). The van der Waals surface area contributed by atoms with Gasteiger partial charge < -0.3 is 9.64 Å². The number of ether oxygens (including phenoxy) is 1. The number of hydrogen-bond acceptors (Lipinski definition) is 3. The summed E-state index contributed by atoms with van der Waals surface area (Å²) in [6.07, 6.45) is 3.81. The first kappa shape index (κ1) is 13.9. The van der Waals surface area contributed by atoms with Gasteiger partial charge in [-0.05, 0) is 36.7 Å². The van der Waals surface area contributed by atoms with Gasteiger partial charge in [0.25, 0.3) is 0 Å². The van der Waals surface area contributed by atoms with Gasteiger partial charge in [-0.3, -0.25) is 0 Å². The molecule has 1 heterocycles. The lowest BCUT2D eigenvalue weighted by molar-refractivity contribution is 0.00342. The van der Waals surface area contributed by atoms with Gasteiger partial charge in [0.15, 0.2) is 0 Å². The van der Waals surface area contributed by atoms with Crippen LogP contribution < -0.4 is 0 Å². The summed E-state index contributed by atoms with van der Waals surface area (Å²) in [6, 6.07) is 12.1. The molecular weight excluding hydrogens is 264 g/mol. The van der Waals surface area contributed by atoms with Gasteiger partial charge in [-0.15, -0.1) is 0 Å². The Kier molecular flexibility index (Phi) is 3.83. The third kappa shape index (κ3) is 3.02. The third-order valence-corrected chi connectivity index (χ3v) is 4.83. The monoisotopic (exact) mass is 284 g/mol. The predicted molar refractivity (Wildman–Crippen MR) is 78.2 cm³/mol. The molecule has 4 heteroatoms. The Bertz CT molecular complexity index is 534. The van der Waals surface area contributed by atoms with Crippen LogP contribution in [0.4, 0.5) is 4.79 Å². The molecule has 2 fully saturated rings. The number of carbonyl (C=O) groups is 1. The number of nitriles is 1. The van der Waals surface area contributed by atoms with Crippen molar-refractivity contribution in [1.82, 2.24) is 4.90 Å². The fraction of sp³-hybridized carbons (Fsp3) is 0.529. The highest BCUT2D eigenvalue weighted by molar-refractivity contribution is 5.67. The number of piperidine rings is 1. The highest BCUT2D eigenvalue weighted by atomic mass is 16.6. The van der Waals surface area contributed by atoms with Crippen LogP contribution in [0.3, 0.4) is 0 Å². The van der Waals surface area contributed by atoms with E-state index in [1.165, 1.54) is 0 Å². The number of hydrogen-bond donors (Lipinski definition) is 0. The lowest BCUT2D eigenvalue weighted by atomic mass is 9.58. The number of nitrogens with zero attached hydrogens (tertiary/aromatic N) is 2. The Morgan fingerprint density at radius 3 is 2.57 bits per heavy atom. The standard InChI is InChI=1S/C17H20N2O2/c18-12-15-10-17(11-15)6-8-19(9-7-17)16(20)21-13-14-4-2-1-3-5-14/h1-5,15H,6-11,13H2. The average molecular weight is 284 g/mol. The molecule has 0 unspecified atom stereocenters. The largest absolute Gasteiger partial charge is 0.445 e. The Morgan fingerprint density at radius 2 is 1.95 bits per heavy atom. The second kappa shape index (κ2) is 5.77. The number of amides is 1. The molecule has 21 heavy (non-hydrogen) atoms. The fourth-order valence-electron chi connectivity index (χ4n) is 3.46. The van der Waals surface area contributed by atoms with Crippen LogP contribution in [-0.2, 0) is 11.3 Å².